The molecule has 1 atom stereocenters. The van der Waals surface area contributed by atoms with Gasteiger partial charge in [0, 0.05) is 6.04 Å². The standard InChI is InChI=1S/C14H18F2N2O/c1-9(10-5-7-17-8-6-10)18-14(19)13-11(15)3-2-4-12(13)16/h2-4,9-10,17H,5-8H2,1H3,(H,18,19). The first-order valence-corrected chi connectivity index (χ1v) is 6.55. The molecule has 1 saturated heterocycles. The lowest BCUT2D eigenvalue weighted by Crippen LogP contribution is -2.43. The van der Waals surface area contributed by atoms with Crippen molar-refractivity contribution in [1.82, 2.24) is 10.6 Å². The maximum Gasteiger partial charge on any atom is 0.257 e. The van der Waals surface area contributed by atoms with Crippen molar-refractivity contribution in [3.63, 3.8) is 0 Å². The quantitative estimate of drug-likeness (QED) is 0.881. The fraction of sp³-hybridized carbons (Fsp3) is 0.500. The van der Waals surface area contributed by atoms with E-state index in [0.717, 1.165) is 38.1 Å². The van der Waals surface area contributed by atoms with Gasteiger partial charge in [-0.05, 0) is 50.9 Å². The fourth-order valence-electron chi connectivity index (χ4n) is 2.46. The summed E-state index contributed by atoms with van der Waals surface area (Å²) in [5.74, 6) is -1.98. The van der Waals surface area contributed by atoms with Gasteiger partial charge in [0.25, 0.3) is 5.91 Å². The van der Waals surface area contributed by atoms with Gasteiger partial charge in [-0.3, -0.25) is 4.79 Å². The minimum absolute atomic E-state index is 0.0893. The monoisotopic (exact) mass is 268 g/mol. The lowest BCUT2D eigenvalue weighted by atomic mass is 9.91. The van der Waals surface area contributed by atoms with E-state index in [2.05, 4.69) is 10.6 Å². The second-order valence-electron chi connectivity index (χ2n) is 4.95. The molecule has 1 heterocycles. The van der Waals surface area contributed by atoms with E-state index in [0.29, 0.717) is 5.92 Å². The molecule has 1 fully saturated rings. The summed E-state index contributed by atoms with van der Waals surface area (Å²) in [4.78, 5) is 11.9. The van der Waals surface area contributed by atoms with Crippen LogP contribution in [0.2, 0.25) is 0 Å². The van der Waals surface area contributed by atoms with Gasteiger partial charge in [0.2, 0.25) is 0 Å². The van der Waals surface area contributed by atoms with Crippen LogP contribution in [0.3, 0.4) is 0 Å². The number of nitrogens with one attached hydrogen (secondary N) is 2. The third-order valence-corrected chi connectivity index (χ3v) is 3.64. The highest BCUT2D eigenvalue weighted by molar-refractivity contribution is 5.94. The summed E-state index contributed by atoms with van der Waals surface area (Å²) in [7, 11) is 0. The molecule has 1 aliphatic rings. The van der Waals surface area contributed by atoms with Crippen LogP contribution in [-0.2, 0) is 0 Å². The van der Waals surface area contributed by atoms with Crippen LogP contribution in [-0.4, -0.2) is 25.0 Å². The number of carbonyl (C=O) groups excluding carboxylic acids is 1. The summed E-state index contributed by atoms with van der Waals surface area (Å²) >= 11 is 0. The molecule has 0 saturated carbocycles. The Balaban J connectivity index is 2.04. The normalized spacial score (nSPS) is 18.1. The van der Waals surface area contributed by atoms with Crippen molar-refractivity contribution in [2.75, 3.05) is 13.1 Å². The minimum Gasteiger partial charge on any atom is -0.349 e. The predicted molar refractivity (Wildman–Crippen MR) is 68.9 cm³/mol. The summed E-state index contributed by atoms with van der Waals surface area (Å²) in [5.41, 5.74) is -0.497. The Hall–Kier alpha value is -1.49. The smallest absolute Gasteiger partial charge is 0.257 e. The van der Waals surface area contributed by atoms with Gasteiger partial charge in [0.15, 0.2) is 0 Å². The largest absolute Gasteiger partial charge is 0.349 e. The molecule has 0 aliphatic carbocycles. The molecule has 1 aliphatic heterocycles. The van der Waals surface area contributed by atoms with Crippen LogP contribution in [0.25, 0.3) is 0 Å². The van der Waals surface area contributed by atoms with E-state index >= 15 is 0 Å². The third-order valence-electron chi connectivity index (χ3n) is 3.64. The molecule has 0 radical (unpaired) electrons. The second kappa shape index (κ2) is 6.10. The molecular formula is C14H18F2N2O. The van der Waals surface area contributed by atoms with Gasteiger partial charge in [-0.1, -0.05) is 6.07 Å². The molecule has 104 valence electrons. The van der Waals surface area contributed by atoms with Gasteiger partial charge in [-0.25, -0.2) is 8.78 Å². The fourth-order valence-corrected chi connectivity index (χ4v) is 2.46. The summed E-state index contributed by atoms with van der Waals surface area (Å²) in [6.07, 6.45) is 1.92. The summed E-state index contributed by atoms with van der Waals surface area (Å²) in [5, 5.41) is 5.94. The van der Waals surface area contributed by atoms with Gasteiger partial charge in [0.05, 0.1) is 0 Å². The average Bonchev–Trinajstić information content (AvgIpc) is 2.39. The first kappa shape index (κ1) is 13.9. The number of halogens is 2. The van der Waals surface area contributed by atoms with Crippen molar-refractivity contribution in [3.05, 3.63) is 35.4 Å². The maximum absolute atomic E-state index is 13.5. The highest BCUT2D eigenvalue weighted by atomic mass is 19.1. The lowest BCUT2D eigenvalue weighted by Gasteiger charge is -2.28. The SMILES string of the molecule is CC(NC(=O)c1c(F)cccc1F)C1CCNCC1. The van der Waals surface area contributed by atoms with Gasteiger partial charge < -0.3 is 10.6 Å². The first-order chi connectivity index (χ1) is 9.09. The summed E-state index contributed by atoms with van der Waals surface area (Å²) < 4.78 is 27.0. The number of rotatable bonds is 3. The molecule has 0 bridgehead atoms. The highest BCUT2D eigenvalue weighted by Crippen LogP contribution is 2.18. The molecule has 1 aromatic carbocycles. The Kier molecular flexibility index (Phi) is 4.47. The number of benzene rings is 1. The van der Waals surface area contributed by atoms with Crippen molar-refractivity contribution in [3.8, 4) is 0 Å². The third kappa shape index (κ3) is 3.29. The Morgan fingerprint density at radius 1 is 1.32 bits per heavy atom. The molecule has 1 unspecified atom stereocenters. The van der Waals surface area contributed by atoms with Crippen molar-refractivity contribution >= 4 is 5.91 Å². The predicted octanol–water partition coefficient (Wildman–Crippen LogP) is 2.08. The Morgan fingerprint density at radius 3 is 2.47 bits per heavy atom. The van der Waals surface area contributed by atoms with Gasteiger partial charge >= 0.3 is 0 Å². The van der Waals surface area contributed by atoms with E-state index in [4.69, 9.17) is 0 Å². The number of carbonyl (C=O) groups is 1. The van der Waals surface area contributed by atoms with E-state index in [9.17, 15) is 13.6 Å². The van der Waals surface area contributed by atoms with E-state index in [-0.39, 0.29) is 6.04 Å². The van der Waals surface area contributed by atoms with Crippen molar-refractivity contribution in [2.45, 2.75) is 25.8 Å². The van der Waals surface area contributed by atoms with Gasteiger partial charge in [0.1, 0.15) is 17.2 Å². The topological polar surface area (TPSA) is 41.1 Å². The number of hydrogen-bond donors (Lipinski definition) is 2. The lowest BCUT2D eigenvalue weighted by molar-refractivity contribution is 0.0912. The van der Waals surface area contributed by atoms with Crippen LogP contribution in [0.5, 0.6) is 0 Å². The molecule has 19 heavy (non-hydrogen) atoms. The molecule has 0 spiro atoms. The van der Waals surface area contributed by atoms with Gasteiger partial charge in [-0.2, -0.15) is 0 Å². The minimum atomic E-state index is -0.824. The van der Waals surface area contributed by atoms with Crippen molar-refractivity contribution in [1.29, 1.82) is 0 Å². The van der Waals surface area contributed by atoms with Gasteiger partial charge in [-0.15, -0.1) is 0 Å². The maximum atomic E-state index is 13.5. The first-order valence-electron chi connectivity index (χ1n) is 6.55. The number of hydrogen-bond acceptors (Lipinski definition) is 2. The highest BCUT2D eigenvalue weighted by Gasteiger charge is 2.24. The molecule has 1 aromatic rings. The molecule has 0 aromatic heterocycles. The molecule has 2 N–H and O–H groups in total. The van der Waals surface area contributed by atoms with E-state index in [1.807, 2.05) is 6.92 Å². The van der Waals surface area contributed by atoms with Crippen LogP contribution < -0.4 is 10.6 Å². The zero-order valence-corrected chi connectivity index (χ0v) is 10.9. The van der Waals surface area contributed by atoms with Crippen LogP contribution >= 0.6 is 0 Å². The molecule has 5 heteroatoms. The van der Waals surface area contributed by atoms with Crippen molar-refractivity contribution in [2.24, 2.45) is 5.92 Å². The van der Waals surface area contributed by atoms with Crippen LogP contribution in [0.15, 0.2) is 18.2 Å². The summed E-state index contributed by atoms with van der Waals surface area (Å²) in [6.45, 7) is 3.71. The Morgan fingerprint density at radius 2 is 1.89 bits per heavy atom. The molecule has 3 nitrogen and oxygen atoms in total. The van der Waals surface area contributed by atoms with Crippen LogP contribution in [0.4, 0.5) is 8.78 Å². The van der Waals surface area contributed by atoms with E-state index < -0.39 is 23.1 Å². The Labute approximate surface area is 111 Å². The zero-order valence-electron chi connectivity index (χ0n) is 10.9. The van der Waals surface area contributed by atoms with Crippen LogP contribution in [0, 0.1) is 17.6 Å². The average molecular weight is 268 g/mol. The number of piperidine rings is 1. The Bertz CT molecular complexity index is 439. The summed E-state index contributed by atoms with van der Waals surface area (Å²) in [6, 6.07) is 3.34. The molecular weight excluding hydrogens is 250 g/mol. The number of amides is 1. The van der Waals surface area contributed by atoms with Crippen molar-refractivity contribution < 1.29 is 13.6 Å². The second-order valence-corrected chi connectivity index (χ2v) is 4.95. The zero-order chi connectivity index (χ0) is 13.8. The van der Waals surface area contributed by atoms with E-state index in [1.165, 1.54) is 6.07 Å². The van der Waals surface area contributed by atoms with E-state index in [1.54, 1.807) is 0 Å². The molecule has 2 rings (SSSR count). The van der Waals surface area contributed by atoms with Crippen LogP contribution in [0.1, 0.15) is 30.1 Å². The molecule has 1 amide bonds.